The molecule has 0 spiro atoms. The van der Waals surface area contributed by atoms with E-state index in [1.165, 1.54) is 93.7 Å². The highest BCUT2D eigenvalue weighted by molar-refractivity contribution is 6.30. The highest BCUT2D eigenvalue weighted by Gasteiger charge is 2.31. The molecule has 32 heavy (non-hydrogen) atoms. The van der Waals surface area contributed by atoms with Crippen LogP contribution in [0.4, 0.5) is 0 Å². The molecule has 1 aliphatic carbocycles. The van der Waals surface area contributed by atoms with E-state index in [2.05, 4.69) is 62.4 Å². The first-order valence-corrected chi connectivity index (χ1v) is 14.0. The third kappa shape index (κ3) is 7.53. The highest BCUT2D eigenvalue weighted by atomic mass is 35.5. The van der Waals surface area contributed by atoms with Gasteiger partial charge in [-0.05, 0) is 59.8 Å². The zero-order valence-electron chi connectivity index (χ0n) is 20.2. The van der Waals surface area contributed by atoms with Crippen molar-refractivity contribution in [2.24, 2.45) is 11.8 Å². The Morgan fingerprint density at radius 1 is 0.719 bits per heavy atom. The minimum Gasteiger partial charge on any atom is -0.121 e. The lowest BCUT2D eigenvalue weighted by Gasteiger charge is -2.33. The van der Waals surface area contributed by atoms with Gasteiger partial charge in [-0.3, -0.25) is 0 Å². The van der Waals surface area contributed by atoms with E-state index in [0.717, 1.165) is 11.5 Å². The summed E-state index contributed by atoms with van der Waals surface area (Å²) in [4.78, 5) is 0. The molecule has 0 bridgehead atoms. The molecule has 0 aromatic heterocycles. The van der Waals surface area contributed by atoms with Crippen molar-refractivity contribution in [3.8, 4) is 11.1 Å². The molecule has 176 valence electrons. The normalized spacial score (nSPS) is 20.8. The minimum atomic E-state index is -0.117. The third-order valence-electron chi connectivity index (χ3n) is 7.42. The van der Waals surface area contributed by atoms with Gasteiger partial charge in [0.1, 0.15) is 0 Å². The van der Waals surface area contributed by atoms with Crippen LogP contribution < -0.4 is 0 Å². The van der Waals surface area contributed by atoms with Gasteiger partial charge in [0, 0.05) is 0 Å². The maximum absolute atomic E-state index is 6.91. The topological polar surface area (TPSA) is 0 Å². The molecule has 1 aliphatic rings. The van der Waals surface area contributed by atoms with E-state index >= 15 is 0 Å². The summed E-state index contributed by atoms with van der Waals surface area (Å²) in [5, 5.41) is -0.102. The van der Waals surface area contributed by atoms with Crippen molar-refractivity contribution in [2.75, 3.05) is 0 Å². The lowest BCUT2D eigenvalue weighted by molar-refractivity contribution is 0.250. The molecule has 2 aromatic carbocycles. The molecule has 2 atom stereocenters. The second kappa shape index (κ2) is 13.7. The van der Waals surface area contributed by atoms with Gasteiger partial charge in [-0.1, -0.05) is 114 Å². The van der Waals surface area contributed by atoms with E-state index in [9.17, 15) is 0 Å². The van der Waals surface area contributed by atoms with Gasteiger partial charge in [0.2, 0.25) is 0 Å². The molecule has 0 aliphatic heterocycles. The van der Waals surface area contributed by atoms with Crippen LogP contribution in [0.1, 0.15) is 101 Å². The van der Waals surface area contributed by atoms with E-state index in [1.54, 1.807) is 0 Å². The summed E-state index contributed by atoms with van der Waals surface area (Å²) in [6.07, 6.45) is 15.6. The summed E-state index contributed by atoms with van der Waals surface area (Å²) < 4.78 is 0. The van der Waals surface area contributed by atoms with E-state index < -0.39 is 0 Å². The highest BCUT2D eigenvalue weighted by Crippen LogP contribution is 2.41. The number of halogens is 2. The van der Waals surface area contributed by atoms with Crippen molar-refractivity contribution >= 4 is 23.2 Å². The lowest BCUT2D eigenvalue weighted by atomic mass is 9.77. The molecule has 2 aromatic rings. The van der Waals surface area contributed by atoms with Gasteiger partial charge < -0.3 is 0 Å². The van der Waals surface area contributed by atoms with Crippen LogP contribution in [0.25, 0.3) is 11.1 Å². The van der Waals surface area contributed by atoms with Crippen molar-refractivity contribution in [1.82, 2.24) is 0 Å². The lowest BCUT2D eigenvalue weighted by Crippen LogP contribution is -2.25. The van der Waals surface area contributed by atoms with Crippen LogP contribution in [0.2, 0.25) is 0 Å². The second-order valence-electron chi connectivity index (χ2n) is 9.90. The van der Waals surface area contributed by atoms with Gasteiger partial charge in [-0.2, -0.15) is 0 Å². The zero-order valence-corrected chi connectivity index (χ0v) is 21.7. The Labute approximate surface area is 207 Å². The van der Waals surface area contributed by atoms with Crippen molar-refractivity contribution < 1.29 is 0 Å². The zero-order chi connectivity index (χ0) is 22.8. The Hall–Kier alpha value is -0.980. The summed E-state index contributed by atoms with van der Waals surface area (Å²) in [5.41, 5.74) is 5.10. The fourth-order valence-corrected chi connectivity index (χ4v) is 5.95. The molecule has 3 rings (SSSR count). The van der Waals surface area contributed by atoms with Gasteiger partial charge in [0.15, 0.2) is 0 Å². The fraction of sp³-hybridized carbons (Fsp3) is 0.600. The molecule has 0 N–H and O–H groups in total. The quantitative estimate of drug-likeness (QED) is 0.212. The molecule has 2 heteroatoms. The molecule has 0 radical (unpaired) electrons. The molecule has 0 saturated heterocycles. The number of aryl methyl sites for hydroxylation is 1. The van der Waals surface area contributed by atoms with Crippen LogP contribution in [0, 0.1) is 11.8 Å². The van der Waals surface area contributed by atoms with Crippen LogP contribution >= 0.6 is 23.2 Å². The Balaban J connectivity index is 1.51. The number of hydrogen-bond acceptors (Lipinski definition) is 0. The van der Waals surface area contributed by atoms with Crippen molar-refractivity contribution in [2.45, 2.75) is 102 Å². The predicted molar refractivity (Wildman–Crippen MR) is 143 cm³/mol. The number of unbranched alkanes of at least 4 members (excludes halogenated alkanes) is 4. The Bertz CT molecular complexity index is 756. The Kier molecular flexibility index (Phi) is 10.9. The molecule has 1 fully saturated rings. The van der Waals surface area contributed by atoms with Gasteiger partial charge >= 0.3 is 0 Å². The van der Waals surface area contributed by atoms with Gasteiger partial charge in [-0.25, -0.2) is 0 Å². The van der Waals surface area contributed by atoms with Crippen molar-refractivity contribution in [3.05, 3.63) is 59.7 Å². The van der Waals surface area contributed by atoms with Crippen LogP contribution in [0.15, 0.2) is 48.5 Å². The molecular weight excluding hydrogens is 431 g/mol. The first-order chi connectivity index (χ1) is 15.6. The number of benzene rings is 2. The smallest absolute Gasteiger partial charge is 0.0751 e. The summed E-state index contributed by atoms with van der Waals surface area (Å²) in [6.45, 7) is 4.54. The standard InChI is InChI=1S/C30H42Cl2/c1-3-5-7-9-23-11-15-25(16-12-23)26-19-21-28(22-20-26)30(32)29(31)27-17-13-24(14-18-27)10-8-6-4-2/h11-12,15-16,19-22,24,27,29-30H,3-10,13-14,17-18H2,1-2H3. The Morgan fingerprint density at radius 2 is 1.28 bits per heavy atom. The molecular formula is C30H42Cl2. The summed E-state index contributed by atoms with van der Waals surface area (Å²) in [6, 6.07) is 17.8. The third-order valence-corrected chi connectivity index (χ3v) is 8.68. The average molecular weight is 474 g/mol. The number of alkyl halides is 2. The molecule has 0 amide bonds. The average Bonchev–Trinajstić information content (AvgIpc) is 2.84. The number of hydrogen-bond donors (Lipinski definition) is 0. The fourth-order valence-electron chi connectivity index (χ4n) is 5.20. The van der Waals surface area contributed by atoms with Crippen LogP contribution in [-0.2, 0) is 6.42 Å². The monoisotopic (exact) mass is 472 g/mol. The summed E-state index contributed by atoms with van der Waals surface area (Å²) in [5.74, 6) is 1.45. The van der Waals surface area contributed by atoms with Crippen molar-refractivity contribution in [1.29, 1.82) is 0 Å². The van der Waals surface area contributed by atoms with Crippen molar-refractivity contribution in [3.63, 3.8) is 0 Å². The van der Waals surface area contributed by atoms with Gasteiger partial charge in [0.25, 0.3) is 0 Å². The van der Waals surface area contributed by atoms with Crippen LogP contribution in [0.5, 0.6) is 0 Å². The maximum Gasteiger partial charge on any atom is 0.0751 e. The van der Waals surface area contributed by atoms with Crippen LogP contribution in [-0.4, -0.2) is 5.38 Å². The number of rotatable bonds is 12. The molecule has 0 nitrogen and oxygen atoms in total. The SMILES string of the molecule is CCCCCc1ccc(-c2ccc(C(Cl)C(Cl)C3CCC(CCCCC)CC3)cc2)cc1. The first-order valence-electron chi connectivity index (χ1n) is 13.1. The largest absolute Gasteiger partial charge is 0.121 e. The predicted octanol–water partition coefficient (Wildman–Crippen LogP) is 10.4. The van der Waals surface area contributed by atoms with Crippen LogP contribution in [0.3, 0.4) is 0 Å². The summed E-state index contributed by atoms with van der Waals surface area (Å²) in [7, 11) is 0. The van der Waals surface area contributed by atoms with E-state index in [-0.39, 0.29) is 10.8 Å². The molecule has 0 heterocycles. The van der Waals surface area contributed by atoms with Gasteiger partial charge in [0.05, 0.1) is 10.8 Å². The minimum absolute atomic E-state index is 0.0153. The Morgan fingerprint density at radius 3 is 1.88 bits per heavy atom. The van der Waals surface area contributed by atoms with Gasteiger partial charge in [-0.15, -0.1) is 23.2 Å². The maximum atomic E-state index is 6.91. The second-order valence-corrected chi connectivity index (χ2v) is 10.9. The van der Waals surface area contributed by atoms with E-state index in [1.807, 2.05) is 0 Å². The summed E-state index contributed by atoms with van der Waals surface area (Å²) >= 11 is 13.8. The van der Waals surface area contributed by atoms with E-state index in [0.29, 0.717) is 5.92 Å². The molecule has 1 saturated carbocycles. The van der Waals surface area contributed by atoms with E-state index in [4.69, 9.17) is 23.2 Å². The molecule has 2 unspecified atom stereocenters. The first kappa shape index (κ1) is 25.6.